The maximum absolute atomic E-state index is 13.0. The molecule has 7 heteroatoms. The fourth-order valence-corrected chi connectivity index (χ4v) is 3.80. The highest BCUT2D eigenvalue weighted by atomic mass is 16.2. The first kappa shape index (κ1) is 17.5. The van der Waals surface area contributed by atoms with Gasteiger partial charge in [-0.2, -0.15) is 5.10 Å². The Morgan fingerprint density at radius 1 is 1.26 bits per heavy atom. The second-order valence-corrected chi connectivity index (χ2v) is 6.90. The van der Waals surface area contributed by atoms with Crippen LogP contribution in [0.4, 0.5) is 0 Å². The van der Waals surface area contributed by atoms with Crippen LogP contribution in [0.25, 0.3) is 0 Å². The highest BCUT2D eigenvalue weighted by Gasteiger charge is 2.29. The Morgan fingerprint density at radius 2 is 2.19 bits per heavy atom. The van der Waals surface area contributed by atoms with Crippen LogP contribution in [0.3, 0.4) is 0 Å². The van der Waals surface area contributed by atoms with Crippen molar-refractivity contribution >= 4 is 5.91 Å². The molecule has 4 heterocycles. The van der Waals surface area contributed by atoms with Gasteiger partial charge in [-0.05, 0) is 37.5 Å². The van der Waals surface area contributed by atoms with Gasteiger partial charge >= 0.3 is 0 Å². The molecule has 0 spiro atoms. The van der Waals surface area contributed by atoms with E-state index in [-0.39, 0.29) is 11.8 Å². The van der Waals surface area contributed by atoms with Gasteiger partial charge in [0.2, 0.25) is 0 Å². The quantitative estimate of drug-likeness (QED) is 0.698. The lowest BCUT2D eigenvalue weighted by molar-refractivity contribution is 0.0691. The average Bonchev–Trinajstić information content (AvgIpc) is 3.37. The van der Waals surface area contributed by atoms with Crippen LogP contribution in [0.1, 0.15) is 47.6 Å². The summed E-state index contributed by atoms with van der Waals surface area (Å²) in [5, 5.41) is 4.23. The number of imidazole rings is 1. The number of pyridine rings is 1. The Kier molecular flexibility index (Phi) is 5.00. The molecule has 0 bridgehead atoms. The lowest BCUT2D eigenvalue weighted by Gasteiger charge is -2.32. The standard InChI is InChI=1S/C20H24N6O/c1-2-26-18(7-9-23-26)20(27)25-11-4-6-17(15-25)19-22-10-12-24(19)14-16-5-3-8-21-13-16/h3,5,7-10,12-13,17H,2,4,6,11,14-15H2,1H3/t17-/m0/s1. The first-order valence-electron chi connectivity index (χ1n) is 9.47. The molecule has 0 radical (unpaired) electrons. The molecular formula is C20H24N6O. The van der Waals surface area contributed by atoms with Crippen LogP contribution in [-0.4, -0.2) is 48.2 Å². The third kappa shape index (κ3) is 3.63. The third-order valence-electron chi connectivity index (χ3n) is 5.13. The highest BCUT2D eigenvalue weighted by Crippen LogP contribution is 2.27. The van der Waals surface area contributed by atoms with Crippen LogP contribution >= 0.6 is 0 Å². The average molecular weight is 364 g/mol. The number of hydrogen-bond acceptors (Lipinski definition) is 4. The molecule has 1 aliphatic heterocycles. The van der Waals surface area contributed by atoms with Gasteiger partial charge in [0.05, 0.1) is 6.54 Å². The molecule has 4 rings (SSSR count). The molecule has 0 N–H and O–H groups in total. The van der Waals surface area contributed by atoms with Gasteiger partial charge in [-0.15, -0.1) is 0 Å². The summed E-state index contributed by atoms with van der Waals surface area (Å²) >= 11 is 0. The van der Waals surface area contributed by atoms with E-state index in [0.717, 1.165) is 37.3 Å². The maximum atomic E-state index is 13.0. The van der Waals surface area contributed by atoms with Crippen LogP contribution in [0, 0.1) is 0 Å². The molecule has 140 valence electrons. The molecule has 0 aliphatic carbocycles. The van der Waals surface area contributed by atoms with Crippen molar-refractivity contribution in [2.75, 3.05) is 13.1 Å². The van der Waals surface area contributed by atoms with Crippen molar-refractivity contribution in [2.24, 2.45) is 0 Å². The molecule has 3 aromatic heterocycles. The zero-order valence-corrected chi connectivity index (χ0v) is 15.5. The summed E-state index contributed by atoms with van der Waals surface area (Å²) in [5.41, 5.74) is 1.81. The number of piperidine rings is 1. The number of amides is 1. The molecule has 1 amide bonds. The number of carbonyl (C=O) groups is 1. The Morgan fingerprint density at radius 3 is 3.00 bits per heavy atom. The van der Waals surface area contributed by atoms with E-state index in [9.17, 15) is 4.79 Å². The van der Waals surface area contributed by atoms with E-state index in [2.05, 4.69) is 25.7 Å². The van der Waals surface area contributed by atoms with Crippen molar-refractivity contribution in [3.05, 3.63) is 66.3 Å². The fourth-order valence-electron chi connectivity index (χ4n) is 3.80. The van der Waals surface area contributed by atoms with E-state index < -0.39 is 0 Å². The highest BCUT2D eigenvalue weighted by molar-refractivity contribution is 5.92. The summed E-state index contributed by atoms with van der Waals surface area (Å²) in [7, 11) is 0. The number of nitrogens with zero attached hydrogens (tertiary/aromatic N) is 6. The molecule has 1 aliphatic rings. The van der Waals surface area contributed by atoms with Crippen LogP contribution in [0.15, 0.2) is 49.2 Å². The van der Waals surface area contributed by atoms with Gasteiger partial charge in [0.1, 0.15) is 11.5 Å². The Labute approximate surface area is 158 Å². The SMILES string of the molecule is CCn1nccc1C(=O)N1CCC[C@H](c2nccn2Cc2cccnc2)C1. The minimum absolute atomic E-state index is 0.0596. The first-order valence-corrected chi connectivity index (χ1v) is 9.47. The molecule has 1 fully saturated rings. The molecule has 0 aromatic carbocycles. The largest absolute Gasteiger partial charge is 0.337 e. The fraction of sp³-hybridized carbons (Fsp3) is 0.400. The zero-order chi connectivity index (χ0) is 18.6. The Balaban J connectivity index is 1.51. The Hall–Kier alpha value is -2.96. The van der Waals surface area contributed by atoms with E-state index in [0.29, 0.717) is 18.8 Å². The number of carbonyl (C=O) groups excluding carboxylic acids is 1. The molecule has 0 unspecified atom stereocenters. The minimum atomic E-state index is 0.0596. The van der Waals surface area contributed by atoms with Crippen molar-refractivity contribution < 1.29 is 4.79 Å². The van der Waals surface area contributed by atoms with Crippen LogP contribution in [-0.2, 0) is 13.1 Å². The maximum Gasteiger partial charge on any atom is 0.272 e. The molecule has 27 heavy (non-hydrogen) atoms. The van der Waals surface area contributed by atoms with Crippen molar-refractivity contribution in [2.45, 2.75) is 38.8 Å². The van der Waals surface area contributed by atoms with Gasteiger partial charge in [-0.25, -0.2) is 4.98 Å². The summed E-state index contributed by atoms with van der Waals surface area (Å²) in [5.74, 6) is 1.34. The molecule has 1 atom stereocenters. The smallest absolute Gasteiger partial charge is 0.272 e. The van der Waals surface area contributed by atoms with Crippen molar-refractivity contribution in [3.63, 3.8) is 0 Å². The van der Waals surface area contributed by atoms with E-state index in [1.807, 2.05) is 36.5 Å². The summed E-state index contributed by atoms with van der Waals surface area (Å²) < 4.78 is 3.93. The summed E-state index contributed by atoms with van der Waals surface area (Å²) in [6.45, 7) is 4.92. The molecule has 3 aromatic rings. The predicted molar refractivity (Wildman–Crippen MR) is 101 cm³/mol. The number of aromatic nitrogens is 5. The third-order valence-corrected chi connectivity index (χ3v) is 5.13. The second-order valence-electron chi connectivity index (χ2n) is 6.90. The molecule has 0 saturated carbocycles. The van der Waals surface area contributed by atoms with Crippen LogP contribution in [0.2, 0.25) is 0 Å². The summed E-state index contributed by atoms with van der Waals surface area (Å²) in [6.07, 6.45) is 11.2. The van der Waals surface area contributed by atoms with E-state index in [1.165, 1.54) is 0 Å². The van der Waals surface area contributed by atoms with Gasteiger partial charge in [0, 0.05) is 56.5 Å². The first-order chi connectivity index (χ1) is 13.3. The minimum Gasteiger partial charge on any atom is -0.337 e. The predicted octanol–water partition coefficient (Wildman–Crippen LogP) is 2.56. The number of likely N-dealkylation sites (tertiary alicyclic amines) is 1. The van der Waals surface area contributed by atoms with Crippen LogP contribution < -0.4 is 0 Å². The molecular weight excluding hydrogens is 340 g/mol. The van der Waals surface area contributed by atoms with Gasteiger partial charge in [-0.3, -0.25) is 14.5 Å². The Bertz CT molecular complexity index is 900. The van der Waals surface area contributed by atoms with E-state index in [4.69, 9.17) is 0 Å². The van der Waals surface area contributed by atoms with Gasteiger partial charge < -0.3 is 9.47 Å². The van der Waals surface area contributed by atoms with E-state index >= 15 is 0 Å². The van der Waals surface area contributed by atoms with E-state index in [1.54, 1.807) is 23.1 Å². The van der Waals surface area contributed by atoms with Gasteiger partial charge in [0.15, 0.2) is 0 Å². The van der Waals surface area contributed by atoms with Crippen LogP contribution in [0.5, 0.6) is 0 Å². The van der Waals surface area contributed by atoms with Gasteiger partial charge in [0.25, 0.3) is 5.91 Å². The van der Waals surface area contributed by atoms with Crippen molar-refractivity contribution in [1.29, 1.82) is 0 Å². The van der Waals surface area contributed by atoms with Gasteiger partial charge in [-0.1, -0.05) is 6.07 Å². The number of hydrogen-bond donors (Lipinski definition) is 0. The lowest BCUT2D eigenvalue weighted by Crippen LogP contribution is -2.40. The normalized spacial score (nSPS) is 17.2. The van der Waals surface area contributed by atoms with Crippen molar-refractivity contribution in [1.82, 2.24) is 29.2 Å². The monoisotopic (exact) mass is 364 g/mol. The van der Waals surface area contributed by atoms with Crippen molar-refractivity contribution in [3.8, 4) is 0 Å². The second kappa shape index (κ2) is 7.73. The number of aryl methyl sites for hydroxylation is 1. The molecule has 1 saturated heterocycles. The lowest BCUT2D eigenvalue weighted by atomic mass is 9.96. The number of rotatable bonds is 5. The zero-order valence-electron chi connectivity index (χ0n) is 15.5. The summed E-state index contributed by atoms with van der Waals surface area (Å²) in [4.78, 5) is 23.7. The molecule has 7 nitrogen and oxygen atoms in total. The summed E-state index contributed by atoms with van der Waals surface area (Å²) in [6, 6.07) is 5.82. The topological polar surface area (TPSA) is 68.8 Å².